The number of benzene rings is 1. The van der Waals surface area contributed by atoms with Crippen LogP contribution < -0.4 is 20.1 Å². The van der Waals surface area contributed by atoms with Gasteiger partial charge in [-0.1, -0.05) is 0 Å². The maximum Gasteiger partial charge on any atom is 0.276 e. The zero-order valence-corrected chi connectivity index (χ0v) is 17.3. The minimum absolute atomic E-state index is 0. The van der Waals surface area contributed by atoms with Crippen molar-refractivity contribution in [2.45, 2.75) is 18.9 Å². The Kier molecular flexibility index (Phi) is 7.28. The highest BCUT2D eigenvalue weighted by atomic mass is 35.5. The van der Waals surface area contributed by atoms with E-state index < -0.39 is 10.0 Å². The van der Waals surface area contributed by atoms with Crippen LogP contribution in [0.3, 0.4) is 0 Å². The van der Waals surface area contributed by atoms with Crippen LogP contribution in [0, 0.1) is 0 Å². The molecule has 154 valence electrons. The van der Waals surface area contributed by atoms with E-state index in [0.29, 0.717) is 17.1 Å². The molecule has 1 aliphatic heterocycles. The first-order chi connectivity index (χ1) is 12.9. The molecule has 1 aromatic heterocycles. The minimum atomic E-state index is -3.48. The minimum Gasteiger partial charge on any atom is -0.495 e. The number of nitrogens with one attached hydrogen (secondary N) is 3. The van der Waals surface area contributed by atoms with Gasteiger partial charge in [-0.05, 0) is 43.7 Å². The lowest BCUT2D eigenvalue weighted by molar-refractivity contribution is 0.102. The third-order valence-electron chi connectivity index (χ3n) is 4.24. The first-order valence-corrected chi connectivity index (χ1v) is 10.5. The van der Waals surface area contributed by atoms with E-state index in [1.54, 1.807) is 24.4 Å². The summed E-state index contributed by atoms with van der Waals surface area (Å²) in [4.78, 5) is 12.5. The Bertz CT molecular complexity index is 925. The van der Waals surface area contributed by atoms with Crippen LogP contribution >= 0.6 is 12.4 Å². The number of carbonyl (C=O) groups excluding carboxylic acids is 1. The van der Waals surface area contributed by atoms with E-state index in [4.69, 9.17) is 4.74 Å². The standard InChI is InChI=1S/C17H23N5O4S.ClH/c1-26-16-6-5-12(10-15(16)21-27(2,24)25)19-17(23)14-7-9-22(20-14)13-4-3-8-18-11-13;/h5-7,9-10,13,18,21H,3-4,8,11H2,1-2H3,(H,19,23);1H. The van der Waals surface area contributed by atoms with Crippen molar-refractivity contribution in [3.8, 4) is 5.75 Å². The number of carbonyl (C=O) groups is 1. The lowest BCUT2D eigenvalue weighted by Gasteiger charge is -2.22. The molecule has 0 radical (unpaired) electrons. The fourth-order valence-electron chi connectivity index (χ4n) is 2.98. The highest BCUT2D eigenvalue weighted by Crippen LogP contribution is 2.28. The number of methoxy groups -OCH3 is 1. The molecule has 1 saturated heterocycles. The molecule has 0 saturated carbocycles. The Hall–Kier alpha value is -2.30. The molecule has 1 aromatic carbocycles. The molecule has 1 fully saturated rings. The summed E-state index contributed by atoms with van der Waals surface area (Å²) in [6, 6.07) is 6.62. The molecule has 3 N–H and O–H groups in total. The molecular weight excluding hydrogens is 406 g/mol. The number of sulfonamides is 1. The number of hydrogen-bond donors (Lipinski definition) is 3. The third-order valence-corrected chi connectivity index (χ3v) is 4.83. The summed E-state index contributed by atoms with van der Waals surface area (Å²) in [6.07, 6.45) is 4.95. The molecule has 1 atom stereocenters. The van der Waals surface area contributed by atoms with E-state index in [2.05, 4.69) is 20.5 Å². The molecule has 3 rings (SSSR count). The van der Waals surface area contributed by atoms with E-state index in [9.17, 15) is 13.2 Å². The largest absolute Gasteiger partial charge is 0.495 e. The quantitative estimate of drug-likeness (QED) is 0.645. The molecule has 2 heterocycles. The van der Waals surface area contributed by atoms with Crippen LogP contribution in [0.5, 0.6) is 5.75 Å². The van der Waals surface area contributed by atoms with Crippen LogP contribution in [0.2, 0.25) is 0 Å². The van der Waals surface area contributed by atoms with E-state index in [-0.39, 0.29) is 30.0 Å². The van der Waals surface area contributed by atoms with Gasteiger partial charge >= 0.3 is 0 Å². The summed E-state index contributed by atoms with van der Waals surface area (Å²) in [5.41, 5.74) is 0.978. The normalized spacial score (nSPS) is 16.7. The predicted octanol–water partition coefficient (Wildman–Crippen LogP) is 1.86. The number of rotatable bonds is 6. The SMILES string of the molecule is COc1ccc(NC(=O)c2ccn(C3CCCNC3)n2)cc1NS(C)(=O)=O.Cl. The van der Waals surface area contributed by atoms with Gasteiger partial charge in [0.1, 0.15) is 5.75 Å². The van der Waals surface area contributed by atoms with Gasteiger partial charge in [0, 0.05) is 18.4 Å². The molecule has 0 aliphatic carbocycles. The summed E-state index contributed by atoms with van der Waals surface area (Å²) in [6.45, 7) is 1.84. The second-order valence-electron chi connectivity index (χ2n) is 6.42. The number of halogens is 1. The van der Waals surface area contributed by atoms with Crippen molar-refractivity contribution in [3.63, 3.8) is 0 Å². The third kappa shape index (κ3) is 5.60. The molecule has 11 heteroatoms. The summed E-state index contributed by atoms with van der Waals surface area (Å²) in [7, 11) is -2.04. The van der Waals surface area contributed by atoms with Crippen molar-refractivity contribution in [2.75, 3.05) is 36.5 Å². The number of hydrogen-bond acceptors (Lipinski definition) is 6. The zero-order valence-electron chi connectivity index (χ0n) is 15.6. The first kappa shape index (κ1) is 22.0. The summed E-state index contributed by atoms with van der Waals surface area (Å²) >= 11 is 0. The number of ether oxygens (including phenoxy) is 1. The number of piperidine rings is 1. The maximum absolute atomic E-state index is 12.5. The van der Waals surface area contributed by atoms with Crippen molar-refractivity contribution in [1.29, 1.82) is 0 Å². The van der Waals surface area contributed by atoms with Gasteiger partial charge in [0.25, 0.3) is 5.91 Å². The molecule has 1 aliphatic rings. The van der Waals surface area contributed by atoms with E-state index in [0.717, 1.165) is 32.2 Å². The van der Waals surface area contributed by atoms with Gasteiger partial charge in [0.05, 0.1) is 25.1 Å². The molecule has 2 aromatic rings. The highest BCUT2D eigenvalue weighted by Gasteiger charge is 2.18. The topological polar surface area (TPSA) is 114 Å². The lowest BCUT2D eigenvalue weighted by atomic mass is 10.1. The molecule has 0 bridgehead atoms. The monoisotopic (exact) mass is 429 g/mol. The Morgan fingerprint density at radius 1 is 1.36 bits per heavy atom. The van der Waals surface area contributed by atoms with Crippen molar-refractivity contribution >= 4 is 39.7 Å². The number of nitrogens with zero attached hydrogens (tertiary/aromatic N) is 2. The van der Waals surface area contributed by atoms with Crippen LogP contribution in [0.1, 0.15) is 29.4 Å². The summed E-state index contributed by atoms with van der Waals surface area (Å²) < 4.78 is 32.3. The zero-order chi connectivity index (χ0) is 19.4. The molecule has 1 amide bonds. The fourth-order valence-corrected chi connectivity index (χ4v) is 3.54. The van der Waals surface area contributed by atoms with Crippen LogP contribution in [-0.4, -0.2) is 50.6 Å². The molecule has 9 nitrogen and oxygen atoms in total. The van der Waals surface area contributed by atoms with Gasteiger partial charge in [0.2, 0.25) is 10.0 Å². The van der Waals surface area contributed by atoms with E-state index in [1.165, 1.54) is 13.2 Å². The Labute approximate surface area is 170 Å². The summed E-state index contributed by atoms with van der Waals surface area (Å²) in [5.74, 6) is -0.0134. The molecule has 1 unspecified atom stereocenters. The lowest BCUT2D eigenvalue weighted by Crippen LogP contribution is -2.32. The molecule has 0 spiro atoms. The summed E-state index contributed by atoms with van der Waals surface area (Å²) in [5, 5.41) is 10.4. The smallest absolute Gasteiger partial charge is 0.276 e. The van der Waals surface area contributed by atoms with Gasteiger partial charge in [-0.15, -0.1) is 12.4 Å². The van der Waals surface area contributed by atoms with Crippen LogP contribution in [0.15, 0.2) is 30.5 Å². The Balaban J connectivity index is 0.00000280. The average molecular weight is 430 g/mol. The second-order valence-corrected chi connectivity index (χ2v) is 8.17. The number of aromatic nitrogens is 2. The highest BCUT2D eigenvalue weighted by molar-refractivity contribution is 7.92. The first-order valence-electron chi connectivity index (χ1n) is 8.59. The van der Waals surface area contributed by atoms with E-state index in [1.807, 2.05) is 4.68 Å². The Morgan fingerprint density at radius 3 is 2.79 bits per heavy atom. The Morgan fingerprint density at radius 2 is 2.14 bits per heavy atom. The predicted molar refractivity (Wildman–Crippen MR) is 110 cm³/mol. The van der Waals surface area contributed by atoms with Gasteiger partial charge in [-0.2, -0.15) is 5.10 Å². The molecular formula is C17H24ClN5O4S. The van der Waals surface area contributed by atoms with Crippen LogP contribution in [-0.2, 0) is 10.0 Å². The molecule has 28 heavy (non-hydrogen) atoms. The number of amides is 1. The van der Waals surface area contributed by atoms with Gasteiger partial charge < -0.3 is 15.4 Å². The van der Waals surface area contributed by atoms with Gasteiger partial charge in [-0.25, -0.2) is 8.42 Å². The van der Waals surface area contributed by atoms with Gasteiger partial charge in [-0.3, -0.25) is 14.2 Å². The van der Waals surface area contributed by atoms with Gasteiger partial charge in [0.15, 0.2) is 5.69 Å². The van der Waals surface area contributed by atoms with E-state index >= 15 is 0 Å². The van der Waals surface area contributed by atoms with Crippen molar-refractivity contribution in [2.24, 2.45) is 0 Å². The second kappa shape index (κ2) is 9.26. The van der Waals surface area contributed by atoms with Crippen molar-refractivity contribution in [3.05, 3.63) is 36.2 Å². The number of anilines is 2. The van der Waals surface area contributed by atoms with Crippen LogP contribution in [0.4, 0.5) is 11.4 Å². The fraction of sp³-hybridized carbons (Fsp3) is 0.412. The average Bonchev–Trinajstić information content (AvgIpc) is 3.12. The van der Waals surface area contributed by atoms with Crippen LogP contribution in [0.25, 0.3) is 0 Å². The van der Waals surface area contributed by atoms with Crippen molar-refractivity contribution in [1.82, 2.24) is 15.1 Å². The maximum atomic E-state index is 12.5. The van der Waals surface area contributed by atoms with Crippen molar-refractivity contribution < 1.29 is 17.9 Å².